The molecule has 0 aliphatic carbocycles. The molecule has 0 saturated heterocycles. The van der Waals surface area contributed by atoms with E-state index in [1.165, 1.54) is 0 Å². The first-order valence-corrected chi connectivity index (χ1v) is 6.52. The Morgan fingerprint density at radius 1 is 1.14 bits per heavy atom. The number of ether oxygens (including phenoxy) is 1. The van der Waals surface area contributed by atoms with Crippen molar-refractivity contribution in [3.63, 3.8) is 0 Å². The molecular weight excluding hydrogens is 289 g/mol. The van der Waals surface area contributed by atoms with Crippen LogP contribution in [0.5, 0.6) is 5.75 Å². The van der Waals surface area contributed by atoms with E-state index in [4.69, 9.17) is 4.74 Å². The number of halogens is 1. The van der Waals surface area contributed by atoms with Gasteiger partial charge in [0, 0.05) is 11.6 Å². The van der Waals surface area contributed by atoms with Gasteiger partial charge in [0.2, 0.25) is 0 Å². The van der Waals surface area contributed by atoms with Crippen molar-refractivity contribution in [3.05, 3.63) is 68.6 Å². The van der Waals surface area contributed by atoms with Crippen molar-refractivity contribution >= 4 is 5.69 Å². The van der Waals surface area contributed by atoms with Crippen molar-refractivity contribution < 1.29 is 14.1 Å². The van der Waals surface area contributed by atoms with Crippen LogP contribution in [-0.2, 0) is 5.66 Å². The SMILES string of the molecule is COc1ccc(C2(C)N=c3c(F)ccc([N+](=O)[O-])c3=N2)cc1. The molecule has 1 unspecified atom stereocenters. The Balaban J connectivity index is 2.21. The molecule has 2 aromatic carbocycles. The molecule has 6 nitrogen and oxygen atoms in total. The highest BCUT2D eigenvalue weighted by molar-refractivity contribution is 5.35. The zero-order valence-electron chi connectivity index (χ0n) is 11.9. The van der Waals surface area contributed by atoms with Gasteiger partial charge in [0.25, 0.3) is 5.69 Å². The molecule has 112 valence electrons. The molecule has 0 N–H and O–H groups in total. The van der Waals surface area contributed by atoms with E-state index in [0.29, 0.717) is 11.3 Å². The van der Waals surface area contributed by atoms with E-state index in [-0.39, 0.29) is 16.4 Å². The molecule has 0 saturated carbocycles. The van der Waals surface area contributed by atoms with E-state index in [0.717, 1.165) is 12.1 Å². The van der Waals surface area contributed by atoms with Gasteiger partial charge in [-0.15, -0.1) is 0 Å². The zero-order valence-corrected chi connectivity index (χ0v) is 11.9. The summed E-state index contributed by atoms with van der Waals surface area (Å²) >= 11 is 0. The van der Waals surface area contributed by atoms with Crippen LogP contribution in [0.25, 0.3) is 0 Å². The third-order valence-electron chi connectivity index (χ3n) is 3.57. The van der Waals surface area contributed by atoms with Crippen molar-refractivity contribution in [1.82, 2.24) is 0 Å². The number of hydrogen-bond acceptors (Lipinski definition) is 5. The third kappa shape index (κ3) is 2.11. The minimum absolute atomic E-state index is 0.0247. The van der Waals surface area contributed by atoms with E-state index < -0.39 is 16.4 Å². The summed E-state index contributed by atoms with van der Waals surface area (Å²) in [6.45, 7) is 1.68. The van der Waals surface area contributed by atoms with E-state index in [1.807, 2.05) is 0 Å². The molecule has 1 atom stereocenters. The summed E-state index contributed by atoms with van der Waals surface area (Å²) in [5, 5.41) is 11.0. The number of methoxy groups -OCH3 is 1. The van der Waals surface area contributed by atoms with Gasteiger partial charge in [-0.1, -0.05) is 12.1 Å². The van der Waals surface area contributed by atoms with Crippen molar-refractivity contribution in [2.45, 2.75) is 12.6 Å². The number of nitro groups is 1. The van der Waals surface area contributed by atoms with Crippen LogP contribution in [0, 0.1) is 15.9 Å². The molecule has 0 aromatic heterocycles. The second-order valence-electron chi connectivity index (χ2n) is 4.99. The van der Waals surface area contributed by atoms with Gasteiger partial charge in [-0.25, -0.2) is 14.4 Å². The van der Waals surface area contributed by atoms with Crippen LogP contribution in [0.3, 0.4) is 0 Å². The maximum Gasteiger partial charge on any atom is 0.296 e. The molecule has 7 heteroatoms. The third-order valence-corrected chi connectivity index (χ3v) is 3.57. The van der Waals surface area contributed by atoms with Crippen LogP contribution in [0.4, 0.5) is 10.1 Å². The Morgan fingerprint density at radius 3 is 2.36 bits per heavy atom. The second-order valence-corrected chi connectivity index (χ2v) is 4.99. The lowest BCUT2D eigenvalue weighted by atomic mass is 10.0. The molecule has 2 aromatic rings. The molecule has 0 bridgehead atoms. The van der Waals surface area contributed by atoms with E-state index in [1.54, 1.807) is 38.3 Å². The highest BCUT2D eigenvalue weighted by Crippen LogP contribution is 2.29. The van der Waals surface area contributed by atoms with Gasteiger partial charge in [-0.2, -0.15) is 0 Å². The first-order chi connectivity index (χ1) is 10.4. The van der Waals surface area contributed by atoms with Crippen molar-refractivity contribution in [2.24, 2.45) is 9.98 Å². The lowest BCUT2D eigenvalue weighted by Crippen LogP contribution is -2.28. The average Bonchev–Trinajstić information content (AvgIpc) is 2.87. The molecular formula is C15H12FN3O3. The van der Waals surface area contributed by atoms with Crippen LogP contribution >= 0.6 is 0 Å². The fourth-order valence-corrected chi connectivity index (χ4v) is 2.40. The monoisotopic (exact) mass is 301 g/mol. The molecule has 0 fully saturated rings. The fourth-order valence-electron chi connectivity index (χ4n) is 2.40. The van der Waals surface area contributed by atoms with Crippen LogP contribution in [0.2, 0.25) is 0 Å². The predicted molar refractivity (Wildman–Crippen MR) is 75.7 cm³/mol. The number of rotatable bonds is 3. The summed E-state index contributed by atoms with van der Waals surface area (Å²) in [4.78, 5) is 19.0. The van der Waals surface area contributed by atoms with Gasteiger partial charge in [0.05, 0.1) is 12.0 Å². The molecule has 1 aliphatic heterocycles. The summed E-state index contributed by atoms with van der Waals surface area (Å²) in [6.07, 6.45) is 0. The Labute approximate surface area is 124 Å². The molecule has 0 spiro atoms. The van der Waals surface area contributed by atoms with Gasteiger partial charge in [-0.05, 0) is 25.1 Å². The topological polar surface area (TPSA) is 77.1 Å². The Hall–Kier alpha value is -2.83. The Bertz CT molecular complexity index is 880. The summed E-state index contributed by atoms with van der Waals surface area (Å²) in [5.41, 5.74) is -0.655. The van der Waals surface area contributed by atoms with E-state index >= 15 is 0 Å². The van der Waals surface area contributed by atoms with Crippen molar-refractivity contribution in [2.75, 3.05) is 7.11 Å². The van der Waals surface area contributed by atoms with Gasteiger partial charge < -0.3 is 4.74 Å². The van der Waals surface area contributed by atoms with E-state index in [9.17, 15) is 14.5 Å². The van der Waals surface area contributed by atoms with Gasteiger partial charge in [-0.3, -0.25) is 10.1 Å². The predicted octanol–water partition coefficient (Wildman–Crippen LogP) is 1.87. The second kappa shape index (κ2) is 4.87. The number of fused-ring (bicyclic) bond motifs is 1. The number of nitro benzene ring substituents is 1. The maximum atomic E-state index is 13.9. The first-order valence-electron chi connectivity index (χ1n) is 6.52. The highest BCUT2D eigenvalue weighted by Gasteiger charge is 2.31. The minimum atomic E-state index is -1.10. The Kier molecular flexibility index (Phi) is 3.13. The molecule has 1 aliphatic rings. The molecule has 0 radical (unpaired) electrons. The number of hydrogen-bond donors (Lipinski definition) is 0. The number of nitrogens with zero attached hydrogens (tertiary/aromatic N) is 3. The highest BCUT2D eigenvalue weighted by atomic mass is 19.1. The normalized spacial score (nSPS) is 19.0. The number of benzene rings is 2. The van der Waals surface area contributed by atoms with Gasteiger partial charge in [0.15, 0.2) is 16.8 Å². The van der Waals surface area contributed by atoms with Crippen LogP contribution in [-0.4, -0.2) is 12.0 Å². The molecule has 3 rings (SSSR count). The molecule has 22 heavy (non-hydrogen) atoms. The summed E-state index contributed by atoms with van der Waals surface area (Å²) < 4.78 is 19.0. The summed E-state index contributed by atoms with van der Waals surface area (Å²) in [7, 11) is 1.55. The van der Waals surface area contributed by atoms with Crippen LogP contribution in [0.15, 0.2) is 46.4 Å². The zero-order chi connectivity index (χ0) is 15.9. The lowest BCUT2D eigenvalue weighted by Gasteiger charge is -2.18. The minimum Gasteiger partial charge on any atom is -0.497 e. The van der Waals surface area contributed by atoms with E-state index in [2.05, 4.69) is 9.98 Å². The van der Waals surface area contributed by atoms with Crippen molar-refractivity contribution in [3.8, 4) is 5.75 Å². The largest absolute Gasteiger partial charge is 0.497 e. The van der Waals surface area contributed by atoms with Crippen LogP contribution < -0.4 is 15.5 Å². The van der Waals surface area contributed by atoms with Gasteiger partial charge >= 0.3 is 0 Å². The quantitative estimate of drug-likeness (QED) is 0.641. The smallest absolute Gasteiger partial charge is 0.296 e. The molecule has 0 amide bonds. The maximum absolute atomic E-state index is 13.9. The summed E-state index contributed by atoms with van der Waals surface area (Å²) in [5.74, 6) is 0.0432. The number of non-ortho nitro benzene ring substituents is 1. The first kappa shape index (κ1) is 14.1. The molecule has 1 heterocycles. The fraction of sp³-hybridized carbons (Fsp3) is 0.200. The lowest BCUT2D eigenvalue weighted by molar-refractivity contribution is -0.386. The van der Waals surface area contributed by atoms with Gasteiger partial charge in [0.1, 0.15) is 11.1 Å². The van der Waals surface area contributed by atoms with Crippen LogP contribution in [0.1, 0.15) is 12.5 Å². The Morgan fingerprint density at radius 2 is 1.77 bits per heavy atom. The van der Waals surface area contributed by atoms with Crippen molar-refractivity contribution in [1.29, 1.82) is 0 Å². The standard InChI is InChI=1S/C15H12FN3O3/c1-15(9-3-5-10(22-2)6-4-9)17-13-11(16)7-8-12(19(20)21)14(13)18-15/h3-8H,1-2H3. The summed E-state index contributed by atoms with van der Waals surface area (Å²) in [6, 6.07) is 9.12. The average molecular weight is 301 g/mol.